The van der Waals surface area contributed by atoms with Gasteiger partial charge in [-0.15, -0.1) is 11.3 Å². The average molecular weight is 235 g/mol. The first-order chi connectivity index (χ1) is 7.65. The number of anilines is 1. The van der Waals surface area contributed by atoms with E-state index in [1.807, 2.05) is 31.2 Å². The number of nitrogens with two attached hydrogens (primary N) is 1. The van der Waals surface area contributed by atoms with E-state index in [4.69, 9.17) is 10.8 Å². The molecular formula is C12H13NO2S. The Kier molecular flexibility index (Phi) is 2.83. The van der Waals surface area contributed by atoms with Crippen molar-refractivity contribution in [3.63, 3.8) is 0 Å². The summed E-state index contributed by atoms with van der Waals surface area (Å²) in [5.74, 6) is -1.29. The molecule has 84 valence electrons. The molecule has 3 nitrogen and oxygen atoms in total. The summed E-state index contributed by atoms with van der Waals surface area (Å²) in [7, 11) is 0. The molecule has 0 bridgehead atoms. The van der Waals surface area contributed by atoms with Crippen molar-refractivity contribution in [2.24, 2.45) is 0 Å². The third-order valence-corrected chi connectivity index (χ3v) is 3.99. The van der Waals surface area contributed by atoms with Gasteiger partial charge in [-0.25, -0.2) is 0 Å². The van der Waals surface area contributed by atoms with E-state index in [0.29, 0.717) is 12.1 Å². The Hall–Kier alpha value is -1.55. The molecule has 0 aliphatic carbocycles. The topological polar surface area (TPSA) is 63.3 Å². The maximum absolute atomic E-state index is 11.1. The normalized spacial score (nSPS) is 12.8. The fraction of sp³-hybridized carbons (Fsp3) is 0.250. The SMILES string of the molecule is CCC(C(=O)O)c1sc2ccccc2c1N. The summed E-state index contributed by atoms with van der Waals surface area (Å²) in [6.07, 6.45) is 0.562. The number of carboxylic acid groups (broad SMARTS) is 1. The predicted octanol–water partition coefficient (Wildman–Crippen LogP) is 3.06. The van der Waals surface area contributed by atoms with Crippen LogP contribution in [-0.2, 0) is 4.79 Å². The predicted molar refractivity (Wildman–Crippen MR) is 66.9 cm³/mol. The summed E-state index contributed by atoms with van der Waals surface area (Å²) in [5.41, 5.74) is 6.62. The van der Waals surface area contributed by atoms with Crippen molar-refractivity contribution in [3.8, 4) is 0 Å². The highest BCUT2D eigenvalue weighted by atomic mass is 32.1. The quantitative estimate of drug-likeness (QED) is 0.859. The fourth-order valence-electron chi connectivity index (χ4n) is 1.82. The minimum Gasteiger partial charge on any atom is -0.481 e. The lowest BCUT2D eigenvalue weighted by molar-refractivity contribution is -0.138. The first-order valence-electron chi connectivity index (χ1n) is 5.14. The molecular weight excluding hydrogens is 222 g/mol. The Bertz CT molecular complexity index is 533. The van der Waals surface area contributed by atoms with Gasteiger partial charge in [0.2, 0.25) is 0 Å². The smallest absolute Gasteiger partial charge is 0.311 e. The van der Waals surface area contributed by atoms with Crippen LogP contribution in [0.1, 0.15) is 24.1 Å². The van der Waals surface area contributed by atoms with Crippen LogP contribution in [0, 0.1) is 0 Å². The lowest BCUT2D eigenvalue weighted by atomic mass is 10.0. The van der Waals surface area contributed by atoms with Gasteiger partial charge in [0, 0.05) is 15.0 Å². The number of aliphatic carboxylic acids is 1. The molecule has 2 aromatic rings. The number of benzene rings is 1. The number of hydrogen-bond donors (Lipinski definition) is 2. The Balaban J connectivity index is 2.60. The zero-order valence-corrected chi connectivity index (χ0v) is 9.75. The number of carbonyl (C=O) groups is 1. The molecule has 0 aliphatic heterocycles. The van der Waals surface area contributed by atoms with Crippen LogP contribution in [0.15, 0.2) is 24.3 Å². The summed E-state index contributed by atoms with van der Waals surface area (Å²) in [4.78, 5) is 11.9. The number of nitrogen functional groups attached to an aromatic ring is 1. The molecule has 0 amide bonds. The van der Waals surface area contributed by atoms with Crippen molar-refractivity contribution in [1.29, 1.82) is 0 Å². The van der Waals surface area contributed by atoms with Gasteiger partial charge in [0.1, 0.15) is 0 Å². The molecule has 2 rings (SSSR count). The Labute approximate surface area is 97.5 Å². The molecule has 1 aromatic heterocycles. The summed E-state index contributed by atoms with van der Waals surface area (Å²) < 4.78 is 1.05. The van der Waals surface area contributed by atoms with E-state index in [9.17, 15) is 4.79 Å². The minimum atomic E-state index is -0.805. The molecule has 0 aliphatic rings. The zero-order chi connectivity index (χ0) is 11.7. The van der Waals surface area contributed by atoms with Crippen LogP contribution in [-0.4, -0.2) is 11.1 Å². The monoisotopic (exact) mass is 235 g/mol. The highest BCUT2D eigenvalue weighted by Gasteiger charge is 2.23. The second-order valence-corrected chi connectivity index (χ2v) is 4.76. The molecule has 1 atom stereocenters. The van der Waals surface area contributed by atoms with Gasteiger partial charge in [-0.3, -0.25) is 4.79 Å². The van der Waals surface area contributed by atoms with Crippen molar-refractivity contribution >= 4 is 33.1 Å². The third-order valence-electron chi connectivity index (χ3n) is 2.69. The molecule has 0 fully saturated rings. The lowest BCUT2D eigenvalue weighted by Gasteiger charge is -2.07. The van der Waals surface area contributed by atoms with Crippen LogP contribution in [0.4, 0.5) is 5.69 Å². The van der Waals surface area contributed by atoms with Crippen LogP contribution < -0.4 is 5.73 Å². The molecule has 0 radical (unpaired) electrons. The Morgan fingerprint density at radius 3 is 2.75 bits per heavy atom. The fourth-order valence-corrected chi connectivity index (χ4v) is 3.12. The molecule has 0 saturated carbocycles. The number of thiophene rings is 1. The van der Waals surface area contributed by atoms with Gasteiger partial charge in [-0.2, -0.15) is 0 Å². The van der Waals surface area contributed by atoms with Gasteiger partial charge >= 0.3 is 5.97 Å². The molecule has 1 heterocycles. The summed E-state index contributed by atoms with van der Waals surface area (Å²) in [5, 5.41) is 10.1. The second kappa shape index (κ2) is 4.14. The van der Waals surface area contributed by atoms with Crippen molar-refractivity contribution < 1.29 is 9.90 Å². The number of carboxylic acids is 1. The largest absolute Gasteiger partial charge is 0.481 e. The third kappa shape index (κ3) is 1.65. The highest BCUT2D eigenvalue weighted by Crippen LogP contribution is 2.39. The van der Waals surface area contributed by atoms with E-state index in [0.717, 1.165) is 15.0 Å². The Morgan fingerprint density at radius 2 is 2.19 bits per heavy atom. The molecule has 1 unspecified atom stereocenters. The number of rotatable bonds is 3. The molecule has 4 heteroatoms. The van der Waals surface area contributed by atoms with Crippen molar-refractivity contribution in [3.05, 3.63) is 29.1 Å². The first-order valence-corrected chi connectivity index (χ1v) is 5.96. The molecule has 0 spiro atoms. The van der Waals surface area contributed by atoms with E-state index in [-0.39, 0.29) is 0 Å². The minimum absolute atomic E-state index is 0.489. The van der Waals surface area contributed by atoms with E-state index < -0.39 is 11.9 Å². The second-order valence-electron chi connectivity index (χ2n) is 3.68. The van der Waals surface area contributed by atoms with E-state index in [2.05, 4.69) is 0 Å². The first kappa shape index (κ1) is 11.0. The van der Waals surface area contributed by atoms with Crippen molar-refractivity contribution in [2.75, 3.05) is 5.73 Å². The van der Waals surface area contributed by atoms with Gasteiger partial charge in [-0.1, -0.05) is 25.1 Å². The molecule has 16 heavy (non-hydrogen) atoms. The molecule has 1 aromatic carbocycles. The van der Waals surface area contributed by atoms with E-state index in [1.165, 1.54) is 11.3 Å². The molecule has 3 N–H and O–H groups in total. The molecule has 0 saturated heterocycles. The van der Waals surface area contributed by atoms with Gasteiger partial charge in [0.15, 0.2) is 0 Å². The van der Waals surface area contributed by atoms with E-state index in [1.54, 1.807) is 0 Å². The van der Waals surface area contributed by atoms with Gasteiger partial charge in [-0.05, 0) is 12.5 Å². The van der Waals surface area contributed by atoms with E-state index >= 15 is 0 Å². The van der Waals surface area contributed by atoms with Crippen LogP contribution >= 0.6 is 11.3 Å². The summed E-state index contributed by atoms with van der Waals surface area (Å²) in [6.45, 7) is 1.86. The van der Waals surface area contributed by atoms with Gasteiger partial charge in [0.25, 0.3) is 0 Å². The highest BCUT2D eigenvalue weighted by molar-refractivity contribution is 7.20. The summed E-state index contributed by atoms with van der Waals surface area (Å²) >= 11 is 1.48. The number of hydrogen-bond acceptors (Lipinski definition) is 3. The van der Waals surface area contributed by atoms with Crippen LogP contribution in [0.5, 0.6) is 0 Å². The Morgan fingerprint density at radius 1 is 1.50 bits per heavy atom. The average Bonchev–Trinajstić information content (AvgIpc) is 2.58. The maximum Gasteiger partial charge on any atom is 0.311 e. The number of fused-ring (bicyclic) bond motifs is 1. The van der Waals surface area contributed by atoms with Crippen molar-refractivity contribution in [1.82, 2.24) is 0 Å². The van der Waals surface area contributed by atoms with Gasteiger partial charge in [0.05, 0.1) is 11.6 Å². The van der Waals surface area contributed by atoms with Crippen LogP contribution in [0.25, 0.3) is 10.1 Å². The van der Waals surface area contributed by atoms with Crippen LogP contribution in [0.3, 0.4) is 0 Å². The van der Waals surface area contributed by atoms with Crippen LogP contribution in [0.2, 0.25) is 0 Å². The van der Waals surface area contributed by atoms with Gasteiger partial charge < -0.3 is 10.8 Å². The lowest BCUT2D eigenvalue weighted by Crippen LogP contribution is -2.10. The standard InChI is InChI=1S/C12H13NO2S/c1-2-7(12(14)15)11-10(13)8-5-3-4-6-9(8)16-11/h3-7H,2,13H2,1H3,(H,14,15). The summed E-state index contributed by atoms with van der Waals surface area (Å²) in [6, 6.07) is 7.74. The zero-order valence-electron chi connectivity index (χ0n) is 8.93. The van der Waals surface area contributed by atoms with Crippen molar-refractivity contribution in [2.45, 2.75) is 19.3 Å². The maximum atomic E-state index is 11.1.